The van der Waals surface area contributed by atoms with E-state index in [-0.39, 0.29) is 42.7 Å². The van der Waals surface area contributed by atoms with Gasteiger partial charge in [0, 0.05) is 0 Å². The van der Waals surface area contributed by atoms with Crippen molar-refractivity contribution in [2.45, 2.75) is 73.6 Å². The van der Waals surface area contributed by atoms with Crippen molar-refractivity contribution in [3.63, 3.8) is 0 Å². The minimum atomic E-state index is -3.69. The first-order valence-electron chi connectivity index (χ1n) is 9.52. The van der Waals surface area contributed by atoms with E-state index in [4.69, 9.17) is 5.26 Å². The maximum absolute atomic E-state index is 13.2. The van der Waals surface area contributed by atoms with Gasteiger partial charge in [-0.25, -0.2) is 27.0 Å². The van der Waals surface area contributed by atoms with Gasteiger partial charge in [-0.05, 0) is 51.0 Å². The summed E-state index contributed by atoms with van der Waals surface area (Å²) in [6.45, 7) is 1.22. The number of nitrogens with one attached hydrogen (secondary N) is 3. The second-order valence-electron chi connectivity index (χ2n) is 8.08. The minimum Gasteiger partial charge on any atom is -0.306 e. The normalized spacial score (nSPS) is 37.0. The number of carbonyl (C=O) groups is 1. The van der Waals surface area contributed by atoms with Crippen molar-refractivity contribution in [2.75, 3.05) is 13.2 Å². The number of amides is 2. The van der Waals surface area contributed by atoms with Crippen LogP contribution in [-0.2, 0) is 10.0 Å². The Morgan fingerprint density at radius 2 is 2.14 bits per heavy atom. The summed E-state index contributed by atoms with van der Waals surface area (Å²) in [4.78, 5) is 16.2. The summed E-state index contributed by atoms with van der Waals surface area (Å²) in [5, 5.41) is 11.7. The Labute approximate surface area is 168 Å². The van der Waals surface area contributed by atoms with E-state index < -0.39 is 27.5 Å². The van der Waals surface area contributed by atoms with Crippen LogP contribution in [0.2, 0.25) is 0 Å². The molecule has 5 unspecified atom stereocenters. The van der Waals surface area contributed by atoms with Gasteiger partial charge in [-0.3, -0.25) is 10.2 Å². The Balaban J connectivity index is 1.55. The molecule has 0 bridgehead atoms. The number of halogens is 1. The molecule has 12 heteroatoms. The fraction of sp³-hybridized carbons (Fsp3) is 0.875. The van der Waals surface area contributed by atoms with Crippen molar-refractivity contribution < 1.29 is 17.6 Å². The lowest BCUT2D eigenvalue weighted by atomic mass is 9.90. The molecule has 2 aliphatic heterocycles. The highest BCUT2D eigenvalue weighted by molar-refractivity contribution is 7.98. The first-order chi connectivity index (χ1) is 13.3. The van der Waals surface area contributed by atoms with Crippen LogP contribution in [-0.4, -0.2) is 72.0 Å². The molecule has 2 saturated carbocycles. The van der Waals surface area contributed by atoms with Gasteiger partial charge in [0.2, 0.25) is 10.0 Å². The lowest BCUT2D eigenvalue weighted by Crippen LogP contribution is -2.53. The third-order valence-electron chi connectivity index (χ3n) is 6.11. The molecule has 4 aliphatic rings. The molecule has 4 fully saturated rings. The van der Waals surface area contributed by atoms with E-state index in [9.17, 15) is 17.6 Å². The van der Waals surface area contributed by atoms with Crippen molar-refractivity contribution in [2.24, 2.45) is 0 Å². The molecule has 0 aromatic rings. The van der Waals surface area contributed by atoms with Crippen LogP contribution in [0.15, 0.2) is 0 Å². The summed E-state index contributed by atoms with van der Waals surface area (Å²) < 4.78 is 44.7. The monoisotopic (exact) mass is 432 g/mol. The van der Waals surface area contributed by atoms with Gasteiger partial charge in [-0.2, -0.15) is 5.26 Å². The van der Waals surface area contributed by atoms with Crippen LogP contribution in [0.25, 0.3) is 0 Å². The zero-order valence-electron chi connectivity index (χ0n) is 15.6. The maximum atomic E-state index is 13.2. The smallest absolute Gasteiger partial charge is 0.306 e. The molecule has 2 amide bonds. The average Bonchev–Trinajstić information content (AvgIpc) is 3.20. The second-order valence-corrected chi connectivity index (χ2v) is 11.0. The highest BCUT2D eigenvalue weighted by Crippen LogP contribution is 2.41. The number of nitriles is 1. The molecule has 156 valence electrons. The molecule has 3 N–H and O–H groups in total. The Morgan fingerprint density at radius 1 is 1.39 bits per heavy atom. The van der Waals surface area contributed by atoms with E-state index in [0.717, 1.165) is 0 Å². The molecule has 2 saturated heterocycles. The Kier molecular flexibility index (Phi) is 5.24. The largest absolute Gasteiger partial charge is 0.323 e. The number of urea groups is 1. The van der Waals surface area contributed by atoms with Crippen LogP contribution in [0, 0.1) is 11.3 Å². The third-order valence-corrected chi connectivity index (χ3v) is 9.21. The Bertz CT molecular complexity index is 786. The van der Waals surface area contributed by atoms with Gasteiger partial charge in [0.15, 0.2) is 0 Å². The van der Waals surface area contributed by atoms with E-state index in [0.29, 0.717) is 25.7 Å². The molecule has 0 aromatic carbocycles. The zero-order chi connectivity index (χ0) is 20.1. The average molecular weight is 433 g/mol. The predicted octanol–water partition coefficient (Wildman–Crippen LogP) is 0.429. The number of carbonyl (C=O) groups excluding carboxylic acids is 1. The van der Waals surface area contributed by atoms with Gasteiger partial charge in [-0.15, -0.1) is 0 Å². The summed E-state index contributed by atoms with van der Waals surface area (Å²) in [6.07, 6.45) is 2.23. The van der Waals surface area contributed by atoms with Crippen molar-refractivity contribution in [1.29, 1.82) is 5.26 Å². The van der Waals surface area contributed by atoms with Gasteiger partial charge in [0.05, 0.1) is 35.1 Å². The topological polar surface area (TPSA) is 118 Å². The molecule has 0 aromatic heterocycles. The molecule has 2 aliphatic carbocycles. The molecular formula is C16H25FN6O3S2. The molecule has 0 radical (unpaired) electrons. The lowest BCUT2D eigenvalue weighted by Gasteiger charge is -2.37. The first-order valence-corrected chi connectivity index (χ1v) is 11.9. The van der Waals surface area contributed by atoms with E-state index in [2.05, 4.69) is 14.8 Å². The molecular weight excluding hydrogens is 407 g/mol. The van der Waals surface area contributed by atoms with Crippen LogP contribution in [0.3, 0.4) is 0 Å². The van der Waals surface area contributed by atoms with Gasteiger partial charge in [-0.1, -0.05) is 0 Å². The second kappa shape index (κ2) is 7.28. The first kappa shape index (κ1) is 20.2. The molecule has 2 heterocycles. The number of fused-ring (bicyclic) bond motifs is 1. The van der Waals surface area contributed by atoms with Gasteiger partial charge in [0.1, 0.15) is 18.7 Å². The third kappa shape index (κ3) is 3.47. The quantitative estimate of drug-likeness (QED) is 0.411. The minimum absolute atomic E-state index is 0.00957. The summed E-state index contributed by atoms with van der Waals surface area (Å²) in [5.74, 6) is 0. The number of alkyl halides is 1. The Morgan fingerprint density at radius 3 is 2.71 bits per heavy atom. The van der Waals surface area contributed by atoms with E-state index >= 15 is 0 Å². The van der Waals surface area contributed by atoms with Crippen molar-refractivity contribution in [3.8, 4) is 6.07 Å². The Hall–Kier alpha value is -1.13. The van der Waals surface area contributed by atoms with E-state index in [1.165, 1.54) is 11.9 Å². The number of nitrogens with zero attached hydrogens (tertiary/aromatic N) is 3. The molecule has 9 nitrogen and oxygen atoms in total. The number of hydrogen-bond donors (Lipinski definition) is 3. The lowest BCUT2D eigenvalue weighted by molar-refractivity contribution is 0.172. The number of hydrogen-bond acceptors (Lipinski definition) is 7. The standard InChI is InChI=1S/C16H25FN6O3S2/c1-10-19-14(27-20-10)23-13-8-11(28(25,26)21-16(9-17)4-5-16)2-3-12(13)22(7-6-18)15(23)24/h10-14,19-21H,2-5,7-9H2,1H3. The van der Waals surface area contributed by atoms with E-state index in [1.807, 2.05) is 13.0 Å². The summed E-state index contributed by atoms with van der Waals surface area (Å²) in [6, 6.07) is 1.30. The van der Waals surface area contributed by atoms with Crippen molar-refractivity contribution >= 4 is 28.0 Å². The summed E-state index contributed by atoms with van der Waals surface area (Å²) in [7, 11) is -3.69. The SMILES string of the molecule is CC1NSC(N2C(=O)N(CC#N)C3CCC(S(=O)(=O)NC4(CF)CC4)CC32)N1. The van der Waals surface area contributed by atoms with Crippen LogP contribution in [0.4, 0.5) is 9.18 Å². The van der Waals surface area contributed by atoms with Gasteiger partial charge in [0.25, 0.3) is 0 Å². The zero-order valence-corrected chi connectivity index (χ0v) is 17.2. The highest BCUT2D eigenvalue weighted by Gasteiger charge is 2.55. The van der Waals surface area contributed by atoms with Crippen molar-refractivity contribution in [3.05, 3.63) is 0 Å². The van der Waals surface area contributed by atoms with Gasteiger partial charge < -0.3 is 4.90 Å². The fourth-order valence-corrected chi connectivity index (χ4v) is 7.35. The maximum Gasteiger partial charge on any atom is 0.323 e. The van der Waals surface area contributed by atoms with Crippen molar-refractivity contribution in [1.82, 2.24) is 24.6 Å². The molecule has 0 spiro atoms. The fourth-order valence-electron chi connectivity index (χ4n) is 4.39. The number of rotatable bonds is 6. The van der Waals surface area contributed by atoms with E-state index in [1.54, 1.807) is 9.80 Å². The molecule has 5 atom stereocenters. The van der Waals surface area contributed by atoms with Crippen LogP contribution in [0.1, 0.15) is 39.0 Å². The van der Waals surface area contributed by atoms with Crippen LogP contribution >= 0.6 is 11.9 Å². The molecule has 28 heavy (non-hydrogen) atoms. The van der Waals surface area contributed by atoms with Crippen LogP contribution in [0.5, 0.6) is 0 Å². The summed E-state index contributed by atoms with van der Waals surface area (Å²) in [5.41, 5.74) is -1.25. The highest BCUT2D eigenvalue weighted by atomic mass is 32.2. The number of sulfonamides is 1. The van der Waals surface area contributed by atoms with Gasteiger partial charge >= 0.3 is 6.03 Å². The predicted molar refractivity (Wildman–Crippen MR) is 102 cm³/mol. The summed E-state index contributed by atoms with van der Waals surface area (Å²) >= 11 is 1.38. The van der Waals surface area contributed by atoms with Crippen LogP contribution < -0.4 is 14.8 Å². The molecule has 4 rings (SSSR count).